The molecule has 11 heavy (non-hydrogen) atoms. The Morgan fingerprint density at radius 2 is 1.73 bits per heavy atom. The summed E-state index contributed by atoms with van der Waals surface area (Å²) in [7, 11) is -0.469. The minimum atomic E-state index is -0.747. The second kappa shape index (κ2) is 7.82. The van der Waals surface area contributed by atoms with E-state index in [9.17, 15) is 0 Å². The van der Waals surface area contributed by atoms with Crippen LogP contribution in [0.3, 0.4) is 0 Å². The largest absolute Gasteiger partial charge is 2.00 e. The molecule has 0 aromatic carbocycles. The molecule has 0 aromatic rings. The molecule has 0 spiro atoms. The SMILES string of the molecule is CCOC(Cl)(OCC)[SiH2]C.[H-].[H-].[Mg+2]. The number of alkyl halides is 1. The monoisotopic (exact) mass is 208 g/mol. The van der Waals surface area contributed by atoms with Gasteiger partial charge in [0.05, 0.1) is 0 Å². The molecule has 0 aliphatic heterocycles. The van der Waals surface area contributed by atoms with E-state index in [0.29, 0.717) is 13.2 Å². The Morgan fingerprint density at radius 1 is 1.36 bits per heavy atom. The van der Waals surface area contributed by atoms with Gasteiger partial charge in [-0.25, -0.2) is 0 Å². The van der Waals surface area contributed by atoms with E-state index in [0.717, 1.165) is 0 Å². The van der Waals surface area contributed by atoms with Crippen LogP contribution in [0.25, 0.3) is 0 Å². The van der Waals surface area contributed by atoms with Crippen LogP contribution in [0.4, 0.5) is 0 Å². The molecule has 2 nitrogen and oxygen atoms in total. The van der Waals surface area contributed by atoms with E-state index >= 15 is 0 Å². The quantitative estimate of drug-likeness (QED) is 0.381. The average molecular weight is 209 g/mol. The summed E-state index contributed by atoms with van der Waals surface area (Å²) in [5.41, 5.74) is 0. The molecule has 0 radical (unpaired) electrons. The van der Waals surface area contributed by atoms with Crippen LogP contribution in [0.1, 0.15) is 16.7 Å². The predicted octanol–water partition coefficient (Wildman–Crippen LogP) is 0.971. The van der Waals surface area contributed by atoms with Crippen LogP contribution in [-0.2, 0) is 9.47 Å². The third-order valence-corrected chi connectivity index (χ3v) is 3.41. The van der Waals surface area contributed by atoms with Gasteiger partial charge in [0.15, 0.2) is 0 Å². The zero-order chi connectivity index (χ0) is 8.04. The minimum Gasteiger partial charge on any atom is -1.00 e. The number of rotatable bonds is 5. The van der Waals surface area contributed by atoms with Crippen molar-refractivity contribution >= 4 is 44.2 Å². The fourth-order valence-electron chi connectivity index (χ4n) is 0.677. The van der Waals surface area contributed by atoms with Crippen LogP contribution in [0, 0.1) is 0 Å². The summed E-state index contributed by atoms with van der Waals surface area (Å²) < 4.78 is 10.4. The number of hydrogen-bond acceptors (Lipinski definition) is 2. The van der Waals surface area contributed by atoms with Crippen LogP contribution in [0.15, 0.2) is 0 Å². The second-order valence-electron chi connectivity index (χ2n) is 1.88. The molecule has 0 heterocycles. The first-order chi connectivity index (χ1) is 4.68. The number of halogens is 1. The molecule has 0 aromatic heterocycles. The Morgan fingerprint density at radius 3 is 1.91 bits per heavy atom. The van der Waals surface area contributed by atoms with E-state index in [1.165, 1.54) is 0 Å². The van der Waals surface area contributed by atoms with E-state index in [1.807, 2.05) is 13.8 Å². The van der Waals surface area contributed by atoms with E-state index < -0.39 is 14.4 Å². The maximum absolute atomic E-state index is 5.94. The van der Waals surface area contributed by atoms with Crippen molar-refractivity contribution in [1.82, 2.24) is 0 Å². The molecule has 0 atom stereocenters. The predicted molar refractivity (Wildman–Crippen MR) is 54.2 cm³/mol. The molecule has 0 N–H and O–H groups in total. The summed E-state index contributed by atoms with van der Waals surface area (Å²) in [6, 6.07) is 0. The van der Waals surface area contributed by atoms with Crippen molar-refractivity contribution in [3.63, 3.8) is 0 Å². The second-order valence-corrected chi connectivity index (χ2v) is 4.54. The van der Waals surface area contributed by atoms with Crippen LogP contribution in [0.5, 0.6) is 0 Å². The minimum absolute atomic E-state index is 0. The Balaban J connectivity index is -0.000000135. The molecule has 0 rings (SSSR count). The smallest absolute Gasteiger partial charge is 1.00 e. The van der Waals surface area contributed by atoms with E-state index in [1.54, 1.807) is 0 Å². The molecular formula is C6H17ClMgO2Si. The van der Waals surface area contributed by atoms with Gasteiger partial charge in [-0.2, -0.15) is 0 Å². The molecule has 0 fully saturated rings. The van der Waals surface area contributed by atoms with Gasteiger partial charge in [0.1, 0.15) is 9.52 Å². The van der Waals surface area contributed by atoms with Gasteiger partial charge in [0.25, 0.3) is 0 Å². The summed E-state index contributed by atoms with van der Waals surface area (Å²) in [5, 5.41) is 0. The molecule has 0 aliphatic rings. The molecule has 66 valence electrons. The molecule has 0 aliphatic carbocycles. The maximum atomic E-state index is 5.94. The number of hydrogen-bond donors (Lipinski definition) is 0. The Bertz CT molecular complexity index is 96.7. The molecule has 0 amide bonds. The third-order valence-electron chi connectivity index (χ3n) is 1.14. The van der Waals surface area contributed by atoms with Gasteiger partial charge in [0, 0.05) is 13.2 Å². The van der Waals surface area contributed by atoms with Crippen LogP contribution < -0.4 is 0 Å². The Hall–Kier alpha value is 1.19. The van der Waals surface area contributed by atoms with Crippen LogP contribution in [-0.4, -0.2) is 50.7 Å². The standard InChI is InChI=1S/C6H15ClO2Si.Mg.2H/c1-4-8-6(7,10-3)9-5-2;;;/h4-5,10H2,1-3H3;;;/q;+2;2*-1. The van der Waals surface area contributed by atoms with Crippen molar-refractivity contribution in [2.75, 3.05) is 13.2 Å². The van der Waals surface area contributed by atoms with E-state index in [2.05, 4.69) is 6.55 Å². The third kappa shape index (κ3) is 6.36. The topological polar surface area (TPSA) is 18.5 Å². The molecule has 0 unspecified atom stereocenters. The first-order valence-electron chi connectivity index (χ1n) is 3.65. The van der Waals surface area contributed by atoms with Gasteiger partial charge in [0.2, 0.25) is 4.87 Å². The summed E-state index contributed by atoms with van der Waals surface area (Å²) in [5.74, 6) is 0. The molecular weight excluding hydrogens is 192 g/mol. The van der Waals surface area contributed by atoms with Crippen molar-refractivity contribution in [2.45, 2.75) is 25.3 Å². The van der Waals surface area contributed by atoms with Gasteiger partial charge in [-0.05, 0) is 13.8 Å². The zero-order valence-electron chi connectivity index (χ0n) is 9.52. The fraction of sp³-hybridized carbons (Fsp3) is 1.00. The Kier molecular flexibility index (Phi) is 10.5. The first-order valence-corrected chi connectivity index (χ1v) is 6.15. The summed E-state index contributed by atoms with van der Waals surface area (Å²) in [6.07, 6.45) is 0. The van der Waals surface area contributed by atoms with Crippen molar-refractivity contribution in [2.24, 2.45) is 0 Å². The fourth-order valence-corrected chi connectivity index (χ4v) is 1.71. The molecule has 0 saturated heterocycles. The number of ether oxygens (including phenoxy) is 2. The van der Waals surface area contributed by atoms with Crippen LogP contribution in [0.2, 0.25) is 6.55 Å². The molecule has 5 heteroatoms. The van der Waals surface area contributed by atoms with Gasteiger partial charge in [-0.3, -0.25) is 0 Å². The van der Waals surface area contributed by atoms with Gasteiger partial charge in [-0.15, -0.1) is 0 Å². The normalized spacial score (nSPS) is 12.0. The van der Waals surface area contributed by atoms with E-state index in [4.69, 9.17) is 21.1 Å². The van der Waals surface area contributed by atoms with Gasteiger partial charge in [-0.1, -0.05) is 18.1 Å². The summed E-state index contributed by atoms with van der Waals surface area (Å²) in [6.45, 7) is 7.13. The molecule has 0 saturated carbocycles. The van der Waals surface area contributed by atoms with Crippen molar-refractivity contribution < 1.29 is 12.3 Å². The van der Waals surface area contributed by atoms with Crippen molar-refractivity contribution in [1.29, 1.82) is 0 Å². The zero-order valence-corrected chi connectivity index (χ0v) is 11.1. The van der Waals surface area contributed by atoms with Crippen molar-refractivity contribution in [3.05, 3.63) is 0 Å². The average Bonchev–Trinajstić information content (AvgIpc) is 1.89. The maximum Gasteiger partial charge on any atom is 2.00 e. The van der Waals surface area contributed by atoms with Gasteiger partial charge >= 0.3 is 23.1 Å². The molecule has 0 bridgehead atoms. The van der Waals surface area contributed by atoms with Crippen molar-refractivity contribution in [3.8, 4) is 0 Å². The van der Waals surface area contributed by atoms with Crippen LogP contribution >= 0.6 is 11.6 Å². The summed E-state index contributed by atoms with van der Waals surface area (Å²) in [4.78, 5) is -0.747. The van der Waals surface area contributed by atoms with E-state index in [-0.39, 0.29) is 25.9 Å². The Labute approximate surface area is 94.9 Å². The summed E-state index contributed by atoms with van der Waals surface area (Å²) >= 11 is 5.94. The first kappa shape index (κ1) is 14.7. The van der Waals surface area contributed by atoms with Gasteiger partial charge < -0.3 is 12.3 Å².